The summed E-state index contributed by atoms with van der Waals surface area (Å²) < 4.78 is 7.24. The minimum absolute atomic E-state index is 0.252. The number of halogens is 1. The Morgan fingerprint density at radius 1 is 1.24 bits per heavy atom. The summed E-state index contributed by atoms with van der Waals surface area (Å²) in [6.45, 7) is 3.76. The van der Waals surface area contributed by atoms with Crippen molar-refractivity contribution in [3.8, 4) is 5.75 Å². The van der Waals surface area contributed by atoms with E-state index in [0.29, 0.717) is 33.7 Å². The molecular formula is C21H20ClN5O2. The Labute approximate surface area is 173 Å². The highest BCUT2D eigenvalue weighted by atomic mass is 35.5. The lowest BCUT2D eigenvalue weighted by molar-refractivity contribution is -0.113. The van der Waals surface area contributed by atoms with Gasteiger partial charge in [-0.25, -0.2) is 4.68 Å². The van der Waals surface area contributed by atoms with Crippen molar-refractivity contribution in [1.82, 2.24) is 14.8 Å². The third kappa shape index (κ3) is 3.45. The van der Waals surface area contributed by atoms with Crippen LogP contribution in [0.25, 0.3) is 0 Å². The van der Waals surface area contributed by atoms with Crippen molar-refractivity contribution < 1.29 is 9.53 Å². The third-order valence-corrected chi connectivity index (χ3v) is 5.16. The number of ether oxygens (including phenoxy) is 1. The smallest absolute Gasteiger partial charge is 0.255 e. The third-order valence-electron chi connectivity index (χ3n) is 4.92. The lowest BCUT2D eigenvalue weighted by atomic mass is 9.94. The van der Waals surface area contributed by atoms with Crippen molar-refractivity contribution >= 4 is 29.1 Å². The topological polar surface area (TPSA) is 81.1 Å². The Balaban J connectivity index is 1.81. The van der Waals surface area contributed by atoms with Gasteiger partial charge >= 0.3 is 0 Å². The summed E-state index contributed by atoms with van der Waals surface area (Å²) in [6, 6.07) is 12.5. The Bertz CT molecular complexity index is 1120. The van der Waals surface area contributed by atoms with E-state index in [4.69, 9.17) is 16.3 Å². The van der Waals surface area contributed by atoms with Crippen molar-refractivity contribution in [3.05, 3.63) is 76.2 Å². The summed E-state index contributed by atoms with van der Waals surface area (Å²) in [5.74, 6) is 0.976. The molecule has 0 spiro atoms. The minimum atomic E-state index is -0.496. The number of carbonyl (C=O) groups excluding carboxylic acids is 1. The molecule has 4 rings (SSSR count). The van der Waals surface area contributed by atoms with E-state index >= 15 is 0 Å². The van der Waals surface area contributed by atoms with Crippen LogP contribution >= 0.6 is 11.6 Å². The van der Waals surface area contributed by atoms with Crippen molar-refractivity contribution in [2.45, 2.75) is 19.9 Å². The normalized spacial score (nSPS) is 15.5. The molecule has 1 unspecified atom stereocenters. The molecule has 2 aromatic carbocycles. The number of hydrogen-bond acceptors (Lipinski definition) is 5. The Morgan fingerprint density at radius 3 is 2.83 bits per heavy atom. The van der Waals surface area contributed by atoms with Gasteiger partial charge in [-0.15, -0.1) is 0 Å². The molecule has 1 aliphatic heterocycles. The SMILES string of the molecule is COc1ccccc1C1C(C(=O)Nc2cc(Cl)ccc2C)=C(C)Nc2ncnn21. The summed E-state index contributed by atoms with van der Waals surface area (Å²) in [5, 5.41) is 11.1. The van der Waals surface area contributed by atoms with Gasteiger partial charge < -0.3 is 15.4 Å². The molecule has 3 aromatic rings. The van der Waals surface area contributed by atoms with Crippen LogP contribution < -0.4 is 15.4 Å². The fraction of sp³-hybridized carbons (Fsp3) is 0.190. The van der Waals surface area contributed by atoms with Gasteiger partial charge in [0.05, 0.1) is 12.7 Å². The number of carbonyl (C=O) groups is 1. The van der Waals surface area contributed by atoms with Gasteiger partial charge in [0.2, 0.25) is 5.95 Å². The molecule has 7 nitrogen and oxygen atoms in total. The van der Waals surface area contributed by atoms with E-state index in [9.17, 15) is 4.79 Å². The fourth-order valence-corrected chi connectivity index (χ4v) is 3.66. The number of allylic oxidation sites excluding steroid dienone is 1. The van der Waals surface area contributed by atoms with Crippen LogP contribution in [-0.4, -0.2) is 27.8 Å². The van der Waals surface area contributed by atoms with E-state index in [1.54, 1.807) is 23.9 Å². The number of rotatable bonds is 4. The van der Waals surface area contributed by atoms with Crippen LogP contribution in [0, 0.1) is 6.92 Å². The van der Waals surface area contributed by atoms with E-state index < -0.39 is 6.04 Å². The monoisotopic (exact) mass is 409 g/mol. The van der Waals surface area contributed by atoms with Gasteiger partial charge in [0.25, 0.3) is 5.91 Å². The van der Waals surface area contributed by atoms with Crippen LogP contribution in [0.15, 0.2) is 60.1 Å². The number of aromatic nitrogens is 3. The second-order valence-corrected chi connectivity index (χ2v) is 7.19. The van der Waals surface area contributed by atoms with E-state index in [-0.39, 0.29) is 5.91 Å². The van der Waals surface area contributed by atoms with Crippen LogP contribution in [0.1, 0.15) is 24.1 Å². The first-order valence-electron chi connectivity index (χ1n) is 9.07. The number of amides is 1. The van der Waals surface area contributed by atoms with Crippen molar-refractivity contribution in [1.29, 1.82) is 0 Å². The van der Waals surface area contributed by atoms with Crippen LogP contribution in [0.4, 0.5) is 11.6 Å². The maximum absolute atomic E-state index is 13.4. The van der Waals surface area contributed by atoms with Crippen molar-refractivity contribution in [2.24, 2.45) is 0 Å². The van der Waals surface area contributed by atoms with Crippen molar-refractivity contribution in [3.63, 3.8) is 0 Å². The van der Waals surface area contributed by atoms with E-state index in [1.807, 2.05) is 44.2 Å². The number of anilines is 2. The average molecular weight is 410 g/mol. The van der Waals surface area contributed by atoms with Crippen LogP contribution in [0.5, 0.6) is 5.75 Å². The number of aryl methyl sites for hydroxylation is 1. The Kier molecular flexibility index (Phi) is 4.98. The number of nitrogens with one attached hydrogen (secondary N) is 2. The number of benzene rings is 2. The molecule has 0 fully saturated rings. The summed E-state index contributed by atoms with van der Waals surface area (Å²) in [6.07, 6.45) is 1.46. The van der Waals surface area contributed by atoms with E-state index in [0.717, 1.165) is 11.1 Å². The number of hydrogen-bond donors (Lipinski definition) is 2. The largest absolute Gasteiger partial charge is 0.496 e. The van der Waals surface area contributed by atoms with Crippen LogP contribution in [0.3, 0.4) is 0 Å². The zero-order valence-corrected chi connectivity index (χ0v) is 17.0. The molecule has 0 saturated carbocycles. The molecule has 2 heterocycles. The lowest BCUT2D eigenvalue weighted by Crippen LogP contribution is -2.31. The maximum Gasteiger partial charge on any atom is 0.255 e. The number of fused-ring (bicyclic) bond motifs is 1. The first-order valence-corrected chi connectivity index (χ1v) is 9.45. The van der Waals surface area contributed by atoms with E-state index in [1.165, 1.54) is 6.33 Å². The molecule has 148 valence electrons. The molecule has 0 radical (unpaired) electrons. The molecule has 0 saturated heterocycles. The molecule has 0 bridgehead atoms. The standard InChI is InChI=1S/C21H20ClN5O2/c1-12-8-9-14(22)10-16(12)26-20(28)18-13(2)25-21-23-11-24-27(21)19(18)15-6-4-5-7-17(15)29-3/h4-11,19H,1-3H3,(H,26,28)(H,23,24,25). The molecule has 29 heavy (non-hydrogen) atoms. The van der Waals surface area contributed by atoms with Crippen LogP contribution in [-0.2, 0) is 4.79 Å². The number of para-hydroxylation sites is 1. The van der Waals surface area contributed by atoms with Gasteiger partial charge in [-0.3, -0.25) is 4.79 Å². The van der Waals surface area contributed by atoms with Gasteiger partial charge in [-0.05, 0) is 37.6 Å². The molecule has 1 aromatic heterocycles. The highest BCUT2D eigenvalue weighted by Gasteiger charge is 2.35. The quantitative estimate of drug-likeness (QED) is 0.675. The highest BCUT2D eigenvalue weighted by Crippen LogP contribution is 2.39. The molecule has 0 aliphatic carbocycles. The number of methoxy groups -OCH3 is 1. The molecule has 1 amide bonds. The fourth-order valence-electron chi connectivity index (χ4n) is 3.48. The second-order valence-electron chi connectivity index (χ2n) is 6.75. The lowest BCUT2D eigenvalue weighted by Gasteiger charge is -2.29. The molecule has 1 aliphatic rings. The number of nitrogens with zero attached hydrogens (tertiary/aromatic N) is 3. The molecule has 1 atom stereocenters. The highest BCUT2D eigenvalue weighted by molar-refractivity contribution is 6.31. The second kappa shape index (κ2) is 7.60. The van der Waals surface area contributed by atoms with Crippen LogP contribution in [0.2, 0.25) is 5.02 Å². The molecule has 2 N–H and O–H groups in total. The summed E-state index contributed by atoms with van der Waals surface area (Å²) in [5.41, 5.74) is 3.60. The summed E-state index contributed by atoms with van der Waals surface area (Å²) >= 11 is 6.12. The predicted molar refractivity (Wildman–Crippen MR) is 112 cm³/mol. The van der Waals surface area contributed by atoms with Gasteiger partial charge in [0.1, 0.15) is 18.1 Å². The van der Waals surface area contributed by atoms with Gasteiger partial charge in [0, 0.05) is 22.0 Å². The molecular weight excluding hydrogens is 390 g/mol. The minimum Gasteiger partial charge on any atom is -0.496 e. The Morgan fingerprint density at radius 2 is 2.03 bits per heavy atom. The zero-order chi connectivity index (χ0) is 20.5. The summed E-state index contributed by atoms with van der Waals surface area (Å²) in [4.78, 5) is 17.7. The zero-order valence-electron chi connectivity index (χ0n) is 16.2. The average Bonchev–Trinajstić information content (AvgIpc) is 3.17. The Hall–Kier alpha value is -3.32. The van der Waals surface area contributed by atoms with Gasteiger partial charge in [-0.2, -0.15) is 10.1 Å². The van der Waals surface area contributed by atoms with Gasteiger partial charge in [-0.1, -0.05) is 35.9 Å². The van der Waals surface area contributed by atoms with Crippen molar-refractivity contribution in [2.75, 3.05) is 17.7 Å². The maximum atomic E-state index is 13.4. The first kappa shape index (κ1) is 19.0. The van der Waals surface area contributed by atoms with E-state index in [2.05, 4.69) is 20.7 Å². The van der Waals surface area contributed by atoms with Gasteiger partial charge in [0.15, 0.2) is 0 Å². The summed E-state index contributed by atoms with van der Waals surface area (Å²) in [7, 11) is 1.60. The first-order chi connectivity index (χ1) is 14.0. The molecule has 8 heteroatoms. The predicted octanol–water partition coefficient (Wildman–Crippen LogP) is 4.18.